The molecule has 6 unspecified atom stereocenters. The maximum Gasteiger partial charge on any atom is 0.0165 e. The van der Waals surface area contributed by atoms with Gasteiger partial charge in [-0.05, 0) is 76.3 Å². The van der Waals surface area contributed by atoms with Gasteiger partial charge in [0.2, 0.25) is 0 Å². The third-order valence-corrected chi connectivity index (χ3v) is 18.3. The zero-order valence-electron chi connectivity index (χ0n) is 43.7. The van der Waals surface area contributed by atoms with Crippen LogP contribution in [0.2, 0.25) is 0 Å². The molecule has 0 bridgehead atoms. The summed E-state index contributed by atoms with van der Waals surface area (Å²) in [6.45, 7) is 11.9. The van der Waals surface area contributed by atoms with Gasteiger partial charge >= 0.3 is 0 Å². The summed E-state index contributed by atoms with van der Waals surface area (Å²) in [5.74, 6) is 6.92. The van der Waals surface area contributed by atoms with E-state index in [4.69, 9.17) is 0 Å². The Labute approximate surface area is 401 Å². The SMILES string of the molecule is CCCCCCCCCCCC1CC1CCCCC(CCCCCCC)N(C)CCSSCCN(C)C(CCCCCCC)CCCCC1CC1CCCCCCCCCCC. The van der Waals surface area contributed by atoms with Gasteiger partial charge in [0.1, 0.15) is 0 Å². The minimum atomic E-state index is 0.800. The van der Waals surface area contributed by atoms with Crippen molar-refractivity contribution >= 4 is 21.6 Å². The van der Waals surface area contributed by atoms with Crippen molar-refractivity contribution in [3.63, 3.8) is 0 Å². The van der Waals surface area contributed by atoms with E-state index in [1.165, 1.54) is 281 Å². The zero-order chi connectivity index (χ0) is 44.6. The Balaban J connectivity index is 1.59. The van der Waals surface area contributed by atoms with E-state index in [-0.39, 0.29) is 0 Å². The van der Waals surface area contributed by atoms with Gasteiger partial charge in [0.05, 0.1) is 0 Å². The van der Waals surface area contributed by atoms with Gasteiger partial charge in [-0.3, -0.25) is 0 Å². The second-order valence-electron chi connectivity index (χ2n) is 21.6. The molecule has 62 heavy (non-hydrogen) atoms. The number of hydrogen-bond donors (Lipinski definition) is 0. The van der Waals surface area contributed by atoms with Gasteiger partial charge in [-0.1, -0.05) is 280 Å². The van der Waals surface area contributed by atoms with E-state index in [0.29, 0.717) is 0 Å². The molecule has 0 aromatic rings. The molecule has 4 heteroatoms. The summed E-state index contributed by atoms with van der Waals surface area (Å²) in [6.07, 6.45) is 61.5. The lowest BCUT2D eigenvalue weighted by atomic mass is 9.99. The molecule has 0 aliphatic heterocycles. The van der Waals surface area contributed by atoms with Crippen LogP contribution >= 0.6 is 21.6 Å². The van der Waals surface area contributed by atoms with Crippen LogP contribution in [0.5, 0.6) is 0 Å². The second kappa shape index (κ2) is 42.9. The predicted molar refractivity (Wildman–Crippen MR) is 288 cm³/mol. The minimum absolute atomic E-state index is 0.800. The maximum absolute atomic E-state index is 2.78. The molecular weight excluding hydrogens is 789 g/mol. The highest BCUT2D eigenvalue weighted by Gasteiger charge is 2.36. The van der Waals surface area contributed by atoms with E-state index in [1.54, 1.807) is 12.8 Å². The van der Waals surface area contributed by atoms with Gasteiger partial charge in [-0.25, -0.2) is 0 Å². The van der Waals surface area contributed by atoms with Gasteiger partial charge in [0.15, 0.2) is 0 Å². The minimum Gasteiger partial charge on any atom is -0.303 e. The lowest BCUT2D eigenvalue weighted by Crippen LogP contribution is -2.34. The molecular formula is C58H116N2S2. The Bertz CT molecular complexity index is 842. The predicted octanol–water partition coefficient (Wildman–Crippen LogP) is 19.9. The Kier molecular flexibility index (Phi) is 40.7. The highest BCUT2D eigenvalue weighted by molar-refractivity contribution is 8.76. The first-order valence-electron chi connectivity index (χ1n) is 29.2. The van der Waals surface area contributed by atoms with Crippen LogP contribution < -0.4 is 0 Å². The normalized spacial score (nSPS) is 19.5. The van der Waals surface area contributed by atoms with E-state index >= 15 is 0 Å². The summed E-state index contributed by atoms with van der Waals surface area (Å²) in [5.41, 5.74) is 0. The molecule has 2 fully saturated rings. The van der Waals surface area contributed by atoms with Crippen LogP contribution in [-0.4, -0.2) is 60.6 Å². The summed E-state index contributed by atoms with van der Waals surface area (Å²) in [7, 11) is 9.25. The molecule has 0 N–H and O–H groups in total. The van der Waals surface area contributed by atoms with Crippen LogP contribution in [0.3, 0.4) is 0 Å². The first-order chi connectivity index (χ1) is 30.5. The number of nitrogens with zero attached hydrogens (tertiary/aromatic N) is 2. The topological polar surface area (TPSA) is 6.48 Å². The Hall–Kier alpha value is 0.620. The number of unbranched alkanes of at least 4 members (excludes halogenated alkanes) is 26. The highest BCUT2D eigenvalue weighted by atomic mass is 33.1. The smallest absolute Gasteiger partial charge is 0.0165 e. The summed E-state index contributed by atoms with van der Waals surface area (Å²) in [6, 6.07) is 1.60. The van der Waals surface area contributed by atoms with Gasteiger partial charge in [0, 0.05) is 36.7 Å². The van der Waals surface area contributed by atoms with E-state index in [2.05, 4.69) is 73.2 Å². The lowest BCUT2D eigenvalue weighted by Gasteiger charge is -2.29. The van der Waals surface area contributed by atoms with Crippen LogP contribution in [-0.2, 0) is 0 Å². The molecule has 0 saturated heterocycles. The largest absolute Gasteiger partial charge is 0.303 e. The summed E-state index contributed by atoms with van der Waals surface area (Å²) < 4.78 is 0. The summed E-state index contributed by atoms with van der Waals surface area (Å²) >= 11 is 0. The summed E-state index contributed by atoms with van der Waals surface area (Å²) in [4.78, 5) is 5.55. The van der Waals surface area contributed by atoms with Crippen molar-refractivity contribution in [2.24, 2.45) is 23.7 Å². The molecule has 0 spiro atoms. The molecule has 0 amide bonds. The molecule has 0 radical (unpaired) electrons. The standard InChI is InChI=1S/C58H116N2S2/c1-7-11-15-19-21-23-25-29-31-39-53-51-55(53)41-35-37-45-57(43-33-27-17-13-9-3)59(5)47-49-61-62-50-48-60(6)58(44-34-28-18-14-10-4)46-38-36-42-56-52-54(56)40-32-30-26-24-22-20-16-12-8-2/h53-58H,7-52H2,1-6H3. The first kappa shape index (κ1) is 58.7. The Morgan fingerprint density at radius 2 is 0.548 bits per heavy atom. The second-order valence-corrected chi connectivity index (χ2v) is 24.3. The quantitative estimate of drug-likeness (QED) is 0.0443. The third-order valence-electron chi connectivity index (χ3n) is 15.9. The molecule has 2 aliphatic rings. The van der Waals surface area contributed by atoms with Crippen LogP contribution in [0.1, 0.15) is 297 Å². The molecule has 370 valence electrons. The Morgan fingerprint density at radius 1 is 0.323 bits per heavy atom. The van der Waals surface area contributed by atoms with E-state index in [9.17, 15) is 0 Å². The van der Waals surface area contributed by atoms with Gasteiger partial charge < -0.3 is 9.80 Å². The van der Waals surface area contributed by atoms with Crippen LogP contribution in [0.25, 0.3) is 0 Å². The number of hydrogen-bond acceptors (Lipinski definition) is 4. The highest BCUT2D eigenvalue weighted by Crippen LogP contribution is 2.47. The van der Waals surface area contributed by atoms with Crippen LogP contribution in [0.15, 0.2) is 0 Å². The van der Waals surface area contributed by atoms with Crippen molar-refractivity contribution in [1.82, 2.24) is 9.80 Å². The molecule has 0 aromatic carbocycles. The van der Waals surface area contributed by atoms with Crippen molar-refractivity contribution < 1.29 is 0 Å². The van der Waals surface area contributed by atoms with Gasteiger partial charge in [0.25, 0.3) is 0 Å². The van der Waals surface area contributed by atoms with Crippen molar-refractivity contribution in [1.29, 1.82) is 0 Å². The Morgan fingerprint density at radius 3 is 0.839 bits per heavy atom. The maximum atomic E-state index is 2.78. The van der Waals surface area contributed by atoms with Crippen molar-refractivity contribution in [3.05, 3.63) is 0 Å². The van der Waals surface area contributed by atoms with Gasteiger partial charge in [-0.15, -0.1) is 0 Å². The zero-order valence-corrected chi connectivity index (χ0v) is 45.3. The van der Waals surface area contributed by atoms with E-state index < -0.39 is 0 Å². The lowest BCUT2D eigenvalue weighted by molar-refractivity contribution is 0.220. The first-order valence-corrected chi connectivity index (χ1v) is 31.7. The summed E-state index contributed by atoms with van der Waals surface area (Å²) in [5, 5.41) is 0. The fraction of sp³-hybridized carbons (Fsp3) is 1.00. The van der Waals surface area contributed by atoms with Crippen LogP contribution in [0.4, 0.5) is 0 Å². The molecule has 2 aliphatic carbocycles. The monoisotopic (exact) mass is 905 g/mol. The molecule has 0 aromatic heterocycles. The molecule has 2 nitrogen and oxygen atoms in total. The third kappa shape index (κ3) is 34.0. The average molecular weight is 906 g/mol. The van der Waals surface area contributed by atoms with Crippen molar-refractivity contribution in [3.8, 4) is 0 Å². The van der Waals surface area contributed by atoms with Crippen LogP contribution in [0, 0.1) is 23.7 Å². The van der Waals surface area contributed by atoms with Gasteiger partial charge in [-0.2, -0.15) is 0 Å². The fourth-order valence-electron chi connectivity index (χ4n) is 11.0. The molecule has 6 atom stereocenters. The number of rotatable bonds is 51. The molecule has 0 heterocycles. The van der Waals surface area contributed by atoms with Crippen molar-refractivity contribution in [2.75, 3.05) is 38.7 Å². The molecule has 2 rings (SSSR count). The molecule has 2 saturated carbocycles. The van der Waals surface area contributed by atoms with E-state index in [1.807, 2.05) is 0 Å². The van der Waals surface area contributed by atoms with Crippen molar-refractivity contribution in [2.45, 2.75) is 309 Å². The van der Waals surface area contributed by atoms with E-state index in [0.717, 1.165) is 35.8 Å². The fourth-order valence-corrected chi connectivity index (χ4v) is 13.1. The average Bonchev–Trinajstić information content (AvgIpc) is 4.21.